The van der Waals surface area contributed by atoms with Crippen LogP contribution in [-0.4, -0.2) is 53.5 Å². The van der Waals surface area contributed by atoms with Crippen LogP contribution in [0.5, 0.6) is 17.2 Å². The zero-order chi connectivity index (χ0) is 31.6. The monoisotopic (exact) mass is 608 g/mol. The molecule has 1 aliphatic heterocycles. The van der Waals surface area contributed by atoms with Crippen molar-refractivity contribution in [2.75, 3.05) is 26.8 Å². The number of benzene rings is 4. The number of rotatable bonds is 14. The molecule has 4 aromatic carbocycles. The number of fused-ring (bicyclic) bond motifs is 1. The van der Waals surface area contributed by atoms with Crippen molar-refractivity contribution in [1.82, 2.24) is 9.80 Å². The van der Waals surface area contributed by atoms with Crippen LogP contribution < -0.4 is 14.2 Å². The highest BCUT2D eigenvalue weighted by atomic mass is 16.5. The average molecular weight is 609 g/mol. The molecule has 1 N–H and O–H groups in total. The lowest BCUT2D eigenvalue weighted by Gasteiger charge is -2.23. The molecule has 1 aliphatic rings. The molecule has 0 fully saturated rings. The number of unbranched alkanes of at least 4 members (excludes halogenated alkanes) is 1. The second-order valence-corrected chi connectivity index (χ2v) is 11.1. The van der Waals surface area contributed by atoms with E-state index in [1.165, 1.54) is 0 Å². The van der Waals surface area contributed by atoms with Crippen molar-refractivity contribution in [2.45, 2.75) is 46.1 Å². The molecule has 234 valence electrons. The van der Waals surface area contributed by atoms with Crippen molar-refractivity contribution in [3.8, 4) is 17.2 Å². The van der Waals surface area contributed by atoms with Crippen molar-refractivity contribution < 1.29 is 28.9 Å². The summed E-state index contributed by atoms with van der Waals surface area (Å²) in [6.07, 6.45) is 1.82. The van der Waals surface area contributed by atoms with E-state index < -0.39 is 0 Å². The highest BCUT2D eigenvalue weighted by molar-refractivity contribution is 6.03. The Hall–Kier alpha value is -4.82. The van der Waals surface area contributed by atoms with E-state index in [0.29, 0.717) is 48.0 Å². The van der Waals surface area contributed by atoms with Gasteiger partial charge in [-0.15, -0.1) is 0 Å². The van der Waals surface area contributed by atoms with Gasteiger partial charge in [-0.1, -0.05) is 80.1 Å². The van der Waals surface area contributed by atoms with E-state index in [1.54, 1.807) is 29.0 Å². The van der Waals surface area contributed by atoms with Crippen LogP contribution >= 0.6 is 0 Å². The maximum absolute atomic E-state index is 14.2. The summed E-state index contributed by atoms with van der Waals surface area (Å²) in [5.74, 6) is 0.897. The van der Waals surface area contributed by atoms with Crippen LogP contribution in [-0.2, 0) is 26.3 Å². The Morgan fingerprint density at radius 3 is 2.02 bits per heavy atom. The number of nitrogens with zero attached hydrogens (tertiary/aromatic N) is 2. The summed E-state index contributed by atoms with van der Waals surface area (Å²) >= 11 is 0. The van der Waals surface area contributed by atoms with Gasteiger partial charge in [0.25, 0.3) is 11.8 Å². The van der Waals surface area contributed by atoms with Gasteiger partial charge in [0.15, 0.2) is 0 Å². The topological polar surface area (TPSA) is 88.5 Å². The minimum Gasteiger partial charge on any atom is -0.491 e. The average Bonchev–Trinajstić information content (AvgIpc) is 3.51. The van der Waals surface area contributed by atoms with Gasteiger partial charge >= 0.3 is 0 Å². The zero-order valence-corrected chi connectivity index (χ0v) is 25.9. The summed E-state index contributed by atoms with van der Waals surface area (Å²) < 4.78 is 18.1. The van der Waals surface area contributed by atoms with Crippen LogP contribution in [0.4, 0.5) is 0 Å². The first-order chi connectivity index (χ1) is 22.0. The van der Waals surface area contributed by atoms with Gasteiger partial charge < -0.3 is 29.1 Å². The SMILES string of the molecule is CCCCN(C)C(=O)c1cc(C(=O)N2Cc3ccc(OCCO)cc3C2)c(OCc2ccccc2)cc1OCc1ccccc1. The summed E-state index contributed by atoms with van der Waals surface area (Å²) in [7, 11) is 1.77. The van der Waals surface area contributed by atoms with E-state index in [9.17, 15) is 9.59 Å². The minimum atomic E-state index is -0.244. The van der Waals surface area contributed by atoms with Gasteiger partial charge in [-0.2, -0.15) is 0 Å². The van der Waals surface area contributed by atoms with E-state index in [2.05, 4.69) is 6.92 Å². The molecule has 0 bridgehead atoms. The number of amides is 2. The van der Waals surface area contributed by atoms with Crippen LogP contribution in [0.2, 0.25) is 0 Å². The predicted molar refractivity (Wildman–Crippen MR) is 172 cm³/mol. The quantitative estimate of drug-likeness (QED) is 0.182. The van der Waals surface area contributed by atoms with Gasteiger partial charge in [0.2, 0.25) is 0 Å². The molecule has 8 heteroatoms. The van der Waals surface area contributed by atoms with Crippen LogP contribution in [0.25, 0.3) is 0 Å². The van der Waals surface area contributed by atoms with Crippen molar-refractivity contribution in [3.63, 3.8) is 0 Å². The third kappa shape index (κ3) is 8.02. The summed E-state index contributed by atoms with van der Waals surface area (Å²) in [6.45, 7) is 4.09. The molecule has 0 atom stereocenters. The standard InChI is InChI=1S/C37H40N2O6/c1-3-4-17-38(2)36(41)32-21-33(37(42)39-23-29-15-16-31(43-19-18-40)20-30(29)24-39)35(45-26-28-13-9-6-10-14-28)22-34(32)44-25-27-11-7-5-8-12-27/h5-16,20-22,40H,3-4,17-19,23-26H2,1-2H3. The molecule has 0 spiro atoms. The van der Waals surface area contributed by atoms with Crippen LogP contribution in [0.1, 0.15) is 62.7 Å². The minimum absolute atomic E-state index is 0.0762. The van der Waals surface area contributed by atoms with Crippen molar-refractivity contribution in [2.24, 2.45) is 0 Å². The molecule has 45 heavy (non-hydrogen) atoms. The Bertz CT molecular complexity index is 1590. The van der Waals surface area contributed by atoms with E-state index in [-0.39, 0.29) is 38.2 Å². The normalized spacial score (nSPS) is 12.0. The lowest BCUT2D eigenvalue weighted by atomic mass is 10.0. The molecule has 0 saturated carbocycles. The Labute approximate surface area is 264 Å². The molecule has 0 saturated heterocycles. The number of carbonyl (C=O) groups is 2. The maximum Gasteiger partial charge on any atom is 0.258 e. The van der Waals surface area contributed by atoms with Gasteiger partial charge in [0, 0.05) is 32.7 Å². The zero-order valence-electron chi connectivity index (χ0n) is 25.9. The molecule has 5 rings (SSSR count). The highest BCUT2D eigenvalue weighted by Gasteiger charge is 2.30. The van der Waals surface area contributed by atoms with Gasteiger partial charge in [-0.05, 0) is 46.9 Å². The van der Waals surface area contributed by atoms with E-state index in [0.717, 1.165) is 35.1 Å². The Balaban J connectivity index is 1.50. The van der Waals surface area contributed by atoms with E-state index in [1.807, 2.05) is 78.9 Å². The second kappa shape index (κ2) is 15.3. The lowest BCUT2D eigenvalue weighted by molar-refractivity contribution is 0.0746. The first-order valence-corrected chi connectivity index (χ1v) is 15.4. The Kier molecular flexibility index (Phi) is 10.7. The molecule has 2 amide bonds. The predicted octanol–water partition coefficient (Wildman–Crippen LogP) is 6.24. The smallest absolute Gasteiger partial charge is 0.258 e. The summed E-state index contributed by atoms with van der Waals surface area (Å²) in [5, 5.41) is 9.13. The van der Waals surface area contributed by atoms with Crippen molar-refractivity contribution in [1.29, 1.82) is 0 Å². The highest BCUT2D eigenvalue weighted by Crippen LogP contribution is 2.35. The van der Waals surface area contributed by atoms with Gasteiger partial charge in [-0.25, -0.2) is 0 Å². The van der Waals surface area contributed by atoms with E-state index >= 15 is 0 Å². The number of aliphatic hydroxyl groups excluding tert-OH is 1. The largest absolute Gasteiger partial charge is 0.491 e. The number of aliphatic hydroxyl groups is 1. The fourth-order valence-corrected chi connectivity index (χ4v) is 5.25. The first-order valence-electron chi connectivity index (χ1n) is 15.4. The molecule has 8 nitrogen and oxygen atoms in total. The molecule has 4 aromatic rings. The summed E-state index contributed by atoms with van der Waals surface area (Å²) in [6, 6.07) is 28.5. The Morgan fingerprint density at radius 2 is 1.40 bits per heavy atom. The fourth-order valence-electron chi connectivity index (χ4n) is 5.25. The number of ether oxygens (including phenoxy) is 3. The fraction of sp³-hybridized carbons (Fsp3) is 0.297. The van der Waals surface area contributed by atoms with Gasteiger partial charge in [-0.3, -0.25) is 9.59 Å². The van der Waals surface area contributed by atoms with Crippen LogP contribution in [0, 0.1) is 0 Å². The third-order valence-corrected chi connectivity index (χ3v) is 7.76. The van der Waals surface area contributed by atoms with Crippen molar-refractivity contribution in [3.05, 3.63) is 124 Å². The second-order valence-electron chi connectivity index (χ2n) is 11.1. The molecule has 1 heterocycles. The Morgan fingerprint density at radius 1 is 0.778 bits per heavy atom. The number of hydrogen-bond acceptors (Lipinski definition) is 6. The number of hydrogen-bond donors (Lipinski definition) is 1. The van der Waals surface area contributed by atoms with Gasteiger partial charge in [0.1, 0.15) is 37.1 Å². The number of carbonyl (C=O) groups excluding carboxylic acids is 2. The molecular formula is C37H40N2O6. The molecule has 0 aliphatic carbocycles. The summed E-state index contributed by atoms with van der Waals surface area (Å²) in [5.41, 5.74) is 4.52. The third-order valence-electron chi connectivity index (χ3n) is 7.76. The first kappa shape index (κ1) is 31.6. The van der Waals surface area contributed by atoms with Gasteiger partial charge in [0.05, 0.1) is 17.7 Å². The molecule has 0 radical (unpaired) electrons. The van der Waals surface area contributed by atoms with Crippen molar-refractivity contribution >= 4 is 11.8 Å². The van der Waals surface area contributed by atoms with E-state index in [4.69, 9.17) is 19.3 Å². The molecule has 0 unspecified atom stereocenters. The lowest BCUT2D eigenvalue weighted by Crippen LogP contribution is -2.30. The maximum atomic E-state index is 14.2. The van der Waals surface area contributed by atoms with Crippen LogP contribution in [0.3, 0.4) is 0 Å². The molecular weight excluding hydrogens is 568 g/mol. The van der Waals surface area contributed by atoms with Crippen LogP contribution in [0.15, 0.2) is 91.0 Å². The molecule has 0 aromatic heterocycles. The summed E-state index contributed by atoms with van der Waals surface area (Å²) in [4.78, 5) is 31.5.